The number of rotatable bonds is 3. The summed E-state index contributed by atoms with van der Waals surface area (Å²) in [4.78, 5) is 13.8. The monoisotopic (exact) mass is 279 g/mol. The molecule has 0 aliphatic heterocycles. The molecule has 0 spiro atoms. The first-order chi connectivity index (χ1) is 9.22. The number of aromatic nitrogens is 1. The highest BCUT2D eigenvalue weighted by Crippen LogP contribution is 2.35. The average Bonchev–Trinajstić information content (AvgIpc) is 2.78. The second kappa shape index (κ2) is 5.41. The maximum atomic E-state index is 11.1. The summed E-state index contributed by atoms with van der Waals surface area (Å²) < 4.78 is 5.08. The number of H-pyrrole nitrogens is 1. The molecular weight excluding hydrogens is 262 g/mol. The lowest BCUT2D eigenvalue weighted by Crippen LogP contribution is -2.08. The van der Waals surface area contributed by atoms with Crippen molar-refractivity contribution < 1.29 is 4.42 Å². The number of benzene rings is 1. The molecule has 0 radical (unpaired) electrons. The van der Waals surface area contributed by atoms with Crippen LogP contribution in [0.25, 0.3) is 11.1 Å². The number of nitrogens with one attached hydrogen (secondary N) is 1. The Kier molecular flexibility index (Phi) is 3.65. The molecule has 3 nitrogen and oxygen atoms in total. The van der Waals surface area contributed by atoms with Crippen molar-refractivity contribution >= 4 is 22.7 Å². The minimum absolute atomic E-state index is 0.00713. The zero-order valence-corrected chi connectivity index (χ0v) is 11.6. The Balaban J connectivity index is 1.76. The third-order valence-corrected chi connectivity index (χ3v) is 4.50. The minimum atomic E-state index is -0.412. The van der Waals surface area contributed by atoms with Crippen molar-refractivity contribution in [3.63, 3.8) is 0 Å². The number of fused-ring (bicyclic) bond motifs is 1. The van der Waals surface area contributed by atoms with Gasteiger partial charge in [0.1, 0.15) is 0 Å². The van der Waals surface area contributed by atoms with E-state index in [-0.39, 0.29) is 5.38 Å². The van der Waals surface area contributed by atoms with Crippen molar-refractivity contribution in [1.29, 1.82) is 0 Å². The van der Waals surface area contributed by atoms with Gasteiger partial charge in [0.25, 0.3) is 0 Å². The zero-order valence-electron chi connectivity index (χ0n) is 10.8. The van der Waals surface area contributed by atoms with E-state index in [1.165, 1.54) is 32.1 Å². The Bertz CT molecular complexity index is 610. The Labute approximate surface area is 117 Å². The molecule has 0 amide bonds. The van der Waals surface area contributed by atoms with Gasteiger partial charge in [0.05, 0.1) is 10.9 Å². The van der Waals surface area contributed by atoms with Crippen LogP contribution in [0.2, 0.25) is 0 Å². The van der Waals surface area contributed by atoms with E-state index in [1.807, 2.05) is 18.2 Å². The van der Waals surface area contributed by atoms with Crippen molar-refractivity contribution in [2.24, 2.45) is 5.92 Å². The smallest absolute Gasteiger partial charge is 0.408 e. The van der Waals surface area contributed by atoms with E-state index in [0.717, 1.165) is 23.4 Å². The molecule has 1 aliphatic carbocycles. The number of oxazole rings is 1. The quantitative estimate of drug-likeness (QED) is 0.848. The van der Waals surface area contributed by atoms with E-state index in [2.05, 4.69) is 4.98 Å². The molecule has 19 heavy (non-hydrogen) atoms. The van der Waals surface area contributed by atoms with E-state index in [9.17, 15) is 4.79 Å². The van der Waals surface area contributed by atoms with Gasteiger partial charge >= 0.3 is 5.76 Å². The Hall–Kier alpha value is -1.22. The SMILES string of the molecule is O=c1[nH]c2ccc(C(Cl)CC3CCCCC3)cc2o1. The van der Waals surface area contributed by atoms with Gasteiger partial charge in [-0.15, -0.1) is 11.6 Å². The minimum Gasteiger partial charge on any atom is -0.408 e. The van der Waals surface area contributed by atoms with Crippen LogP contribution < -0.4 is 5.76 Å². The number of halogens is 1. The second-order valence-corrected chi connectivity index (χ2v) is 6.00. The molecule has 3 rings (SSSR count). The van der Waals surface area contributed by atoms with Gasteiger partial charge in [-0.25, -0.2) is 4.79 Å². The molecule has 1 fully saturated rings. The largest absolute Gasteiger partial charge is 0.417 e. The molecular formula is C15H18ClNO2. The summed E-state index contributed by atoms with van der Waals surface area (Å²) in [6.07, 6.45) is 7.64. The fourth-order valence-electron chi connectivity index (χ4n) is 3.01. The van der Waals surface area contributed by atoms with E-state index in [1.54, 1.807) is 0 Å². The van der Waals surface area contributed by atoms with E-state index in [4.69, 9.17) is 16.0 Å². The van der Waals surface area contributed by atoms with Gasteiger partial charge in [0, 0.05) is 0 Å². The normalized spacial score (nSPS) is 18.8. The molecule has 0 bridgehead atoms. The van der Waals surface area contributed by atoms with Crippen molar-refractivity contribution in [3.8, 4) is 0 Å². The zero-order chi connectivity index (χ0) is 13.2. The lowest BCUT2D eigenvalue weighted by molar-refractivity contribution is 0.336. The summed E-state index contributed by atoms with van der Waals surface area (Å²) >= 11 is 6.52. The van der Waals surface area contributed by atoms with Crippen LogP contribution in [-0.4, -0.2) is 4.98 Å². The predicted molar refractivity (Wildman–Crippen MR) is 76.6 cm³/mol. The molecule has 0 saturated heterocycles. The highest BCUT2D eigenvalue weighted by atomic mass is 35.5. The molecule has 1 unspecified atom stereocenters. The second-order valence-electron chi connectivity index (χ2n) is 5.48. The van der Waals surface area contributed by atoms with Crippen LogP contribution in [0.3, 0.4) is 0 Å². The van der Waals surface area contributed by atoms with Gasteiger partial charge in [0.15, 0.2) is 5.58 Å². The standard InChI is InChI=1S/C15H18ClNO2/c16-12(8-10-4-2-1-3-5-10)11-6-7-13-14(9-11)19-15(18)17-13/h6-7,9-10,12H,1-5,8H2,(H,17,18). The molecule has 1 saturated carbocycles. The van der Waals surface area contributed by atoms with Crippen molar-refractivity contribution in [2.45, 2.75) is 43.9 Å². The predicted octanol–water partition coefficient (Wildman–Crippen LogP) is 4.37. The highest BCUT2D eigenvalue weighted by Gasteiger charge is 2.19. The van der Waals surface area contributed by atoms with Crippen LogP contribution in [0.1, 0.15) is 49.5 Å². The van der Waals surface area contributed by atoms with Gasteiger partial charge in [-0.2, -0.15) is 0 Å². The Morgan fingerprint density at radius 3 is 2.89 bits per heavy atom. The number of alkyl halides is 1. The first-order valence-corrected chi connectivity index (χ1v) is 7.43. The first kappa shape index (κ1) is 12.8. The number of aromatic amines is 1. The molecule has 4 heteroatoms. The van der Waals surface area contributed by atoms with E-state index >= 15 is 0 Å². The van der Waals surface area contributed by atoms with E-state index < -0.39 is 5.76 Å². The first-order valence-electron chi connectivity index (χ1n) is 6.99. The molecule has 1 aromatic heterocycles. The molecule has 1 atom stereocenters. The maximum absolute atomic E-state index is 11.1. The summed E-state index contributed by atoms with van der Waals surface area (Å²) in [5.41, 5.74) is 2.37. The summed E-state index contributed by atoms with van der Waals surface area (Å²) in [7, 11) is 0. The maximum Gasteiger partial charge on any atom is 0.417 e. The highest BCUT2D eigenvalue weighted by molar-refractivity contribution is 6.20. The lowest BCUT2D eigenvalue weighted by Gasteiger charge is -2.23. The summed E-state index contributed by atoms with van der Waals surface area (Å²) in [6.45, 7) is 0. The van der Waals surface area contributed by atoms with Crippen LogP contribution in [0.5, 0.6) is 0 Å². The lowest BCUT2D eigenvalue weighted by atomic mass is 9.85. The van der Waals surface area contributed by atoms with Crippen molar-refractivity contribution in [3.05, 3.63) is 34.3 Å². The van der Waals surface area contributed by atoms with Crippen LogP contribution in [0.4, 0.5) is 0 Å². The number of hydrogen-bond donors (Lipinski definition) is 1. The molecule has 1 aromatic carbocycles. The number of hydrogen-bond acceptors (Lipinski definition) is 2. The Morgan fingerprint density at radius 1 is 1.32 bits per heavy atom. The van der Waals surface area contributed by atoms with Crippen LogP contribution in [0.15, 0.2) is 27.4 Å². The summed E-state index contributed by atoms with van der Waals surface area (Å²) in [5, 5.41) is 0.00713. The molecule has 1 heterocycles. The van der Waals surface area contributed by atoms with Crippen LogP contribution in [-0.2, 0) is 0 Å². The van der Waals surface area contributed by atoms with Crippen LogP contribution in [0, 0.1) is 5.92 Å². The van der Waals surface area contributed by atoms with Gasteiger partial charge in [0.2, 0.25) is 0 Å². The van der Waals surface area contributed by atoms with Gasteiger partial charge in [-0.1, -0.05) is 38.2 Å². The van der Waals surface area contributed by atoms with Crippen LogP contribution >= 0.6 is 11.6 Å². The third-order valence-electron chi connectivity index (χ3n) is 4.07. The topological polar surface area (TPSA) is 46.0 Å². The third kappa shape index (κ3) is 2.86. The summed E-state index contributed by atoms with van der Waals surface area (Å²) in [6, 6.07) is 5.73. The van der Waals surface area contributed by atoms with E-state index in [0.29, 0.717) is 5.58 Å². The average molecular weight is 280 g/mol. The van der Waals surface area contributed by atoms with Crippen molar-refractivity contribution in [2.75, 3.05) is 0 Å². The summed E-state index contributed by atoms with van der Waals surface area (Å²) in [5.74, 6) is 0.329. The molecule has 1 N–H and O–H groups in total. The Morgan fingerprint density at radius 2 is 2.11 bits per heavy atom. The molecule has 102 valence electrons. The van der Waals surface area contributed by atoms with Gasteiger partial charge in [-0.05, 0) is 30.0 Å². The fraction of sp³-hybridized carbons (Fsp3) is 0.533. The molecule has 2 aromatic rings. The van der Waals surface area contributed by atoms with Gasteiger partial charge in [-0.3, -0.25) is 4.98 Å². The fourth-order valence-corrected chi connectivity index (χ4v) is 3.40. The molecule has 1 aliphatic rings. The van der Waals surface area contributed by atoms with Gasteiger partial charge < -0.3 is 4.42 Å². The van der Waals surface area contributed by atoms with Crippen molar-refractivity contribution in [1.82, 2.24) is 4.98 Å².